The van der Waals surface area contributed by atoms with Crippen molar-refractivity contribution >= 4 is 11.9 Å². The molecule has 2 heterocycles. The van der Waals surface area contributed by atoms with E-state index in [-0.39, 0.29) is 5.82 Å². The third kappa shape index (κ3) is 9.84. The Bertz CT molecular complexity index is 766. The van der Waals surface area contributed by atoms with Gasteiger partial charge in [-0.05, 0) is 57.0 Å². The van der Waals surface area contributed by atoms with E-state index in [1.54, 1.807) is 12.1 Å². The normalized spacial score (nSPS) is 18.8. The van der Waals surface area contributed by atoms with Crippen LogP contribution in [0.4, 0.5) is 30.7 Å². The number of nitrogens with zero attached hydrogens (tertiary/aromatic N) is 2. The predicted molar refractivity (Wildman–Crippen MR) is 108 cm³/mol. The van der Waals surface area contributed by atoms with Crippen LogP contribution in [0.15, 0.2) is 24.3 Å². The Morgan fingerprint density at radius 3 is 1.68 bits per heavy atom. The quantitative estimate of drug-likeness (QED) is 0.576. The van der Waals surface area contributed by atoms with Gasteiger partial charge in [-0.15, -0.1) is 0 Å². The Hall–Kier alpha value is -2.41. The average Bonchev–Trinajstić information content (AvgIpc) is 2.73. The number of alkyl halides is 6. The summed E-state index contributed by atoms with van der Waals surface area (Å²) >= 11 is 0. The lowest BCUT2D eigenvalue weighted by Crippen LogP contribution is -2.55. The lowest BCUT2D eigenvalue weighted by molar-refractivity contribution is -0.193. The maximum absolute atomic E-state index is 12.9. The molecule has 2 saturated heterocycles. The molecule has 0 unspecified atom stereocenters. The van der Waals surface area contributed by atoms with Gasteiger partial charge in [0.05, 0.1) is 0 Å². The molecule has 2 aliphatic heterocycles. The summed E-state index contributed by atoms with van der Waals surface area (Å²) in [7, 11) is 2.30. The van der Waals surface area contributed by atoms with Crippen molar-refractivity contribution in [3.05, 3.63) is 35.6 Å². The zero-order chi connectivity index (χ0) is 26.2. The van der Waals surface area contributed by atoms with Crippen LogP contribution in [0.1, 0.15) is 37.7 Å². The summed E-state index contributed by atoms with van der Waals surface area (Å²) in [6, 6.07) is 6.95. The minimum absolute atomic E-state index is 0.143. The third-order valence-corrected chi connectivity index (χ3v) is 5.79. The van der Waals surface area contributed by atoms with E-state index in [0.717, 1.165) is 6.54 Å². The summed E-state index contributed by atoms with van der Waals surface area (Å²) in [5, 5.41) is 14.2. The van der Waals surface area contributed by atoms with Gasteiger partial charge in [0.1, 0.15) is 5.82 Å². The Balaban J connectivity index is 0.000000343. The second kappa shape index (κ2) is 12.3. The zero-order valence-corrected chi connectivity index (χ0v) is 18.4. The highest BCUT2D eigenvalue weighted by molar-refractivity contribution is 5.73. The van der Waals surface area contributed by atoms with Gasteiger partial charge in [0.25, 0.3) is 0 Å². The molecule has 0 amide bonds. The Morgan fingerprint density at radius 1 is 0.853 bits per heavy atom. The van der Waals surface area contributed by atoms with Crippen LogP contribution >= 0.6 is 0 Å². The largest absolute Gasteiger partial charge is 0.490 e. The number of piperidine rings is 2. The molecule has 13 heteroatoms. The van der Waals surface area contributed by atoms with Gasteiger partial charge in [0.2, 0.25) is 0 Å². The van der Waals surface area contributed by atoms with Gasteiger partial charge in [0, 0.05) is 25.2 Å². The van der Waals surface area contributed by atoms with Gasteiger partial charge in [-0.3, -0.25) is 4.90 Å². The zero-order valence-electron chi connectivity index (χ0n) is 18.4. The standard InChI is InChI=1S/C17H25FN2.2C2HF3O2/c1-19-11-3-2-8-17(19)9-12-20(13-10-17)14-15-4-6-16(18)7-5-15;2*3-2(4,5)1(6)7/h4-7H,2-3,8-14H2,1H3;2*(H,6,7). The SMILES string of the molecule is CN1CCCCC12CCN(Cc1ccc(F)cc1)CC2.O=C(O)C(F)(F)F.O=C(O)C(F)(F)F. The minimum Gasteiger partial charge on any atom is -0.475 e. The molecule has 3 rings (SSSR count). The fourth-order valence-electron chi connectivity index (χ4n) is 3.84. The van der Waals surface area contributed by atoms with Crippen LogP contribution in [0.5, 0.6) is 0 Å². The molecular weight excluding hydrogens is 477 g/mol. The first-order chi connectivity index (χ1) is 15.6. The lowest BCUT2D eigenvalue weighted by Gasteiger charge is -2.50. The molecule has 2 N–H and O–H groups in total. The molecule has 1 spiro atoms. The van der Waals surface area contributed by atoms with Crippen molar-refractivity contribution in [1.29, 1.82) is 0 Å². The number of rotatable bonds is 2. The molecule has 0 aromatic heterocycles. The molecule has 0 radical (unpaired) electrons. The lowest BCUT2D eigenvalue weighted by atomic mass is 9.79. The number of carboxylic acids is 2. The van der Waals surface area contributed by atoms with Crippen molar-refractivity contribution in [1.82, 2.24) is 9.80 Å². The predicted octanol–water partition coefficient (Wildman–Crippen LogP) is 4.54. The van der Waals surface area contributed by atoms with E-state index in [0.29, 0.717) is 5.54 Å². The number of carboxylic acid groups (broad SMARTS) is 2. The maximum atomic E-state index is 12.9. The number of hydrogen-bond donors (Lipinski definition) is 2. The second-order valence-electron chi connectivity index (χ2n) is 8.11. The van der Waals surface area contributed by atoms with E-state index >= 15 is 0 Å². The first kappa shape index (κ1) is 29.6. The first-order valence-electron chi connectivity index (χ1n) is 10.3. The molecule has 2 aliphatic rings. The highest BCUT2D eigenvalue weighted by Gasteiger charge is 2.40. The molecule has 1 aromatic rings. The van der Waals surface area contributed by atoms with Crippen molar-refractivity contribution in [2.45, 2.75) is 56.5 Å². The van der Waals surface area contributed by atoms with Gasteiger partial charge < -0.3 is 15.1 Å². The van der Waals surface area contributed by atoms with E-state index in [1.807, 2.05) is 12.1 Å². The molecule has 34 heavy (non-hydrogen) atoms. The van der Waals surface area contributed by atoms with Crippen LogP contribution < -0.4 is 0 Å². The van der Waals surface area contributed by atoms with Crippen LogP contribution in [-0.4, -0.2) is 76.5 Å². The molecule has 0 atom stereocenters. The molecule has 0 aliphatic carbocycles. The molecular formula is C21H27F7N2O4. The Labute approximate surface area is 191 Å². The van der Waals surface area contributed by atoms with E-state index in [4.69, 9.17) is 19.8 Å². The van der Waals surface area contributed by atoms with Crippen molar-refractivity contribution in [2.24, 2.45) is 0 Å². The van der Waals surface area contributed by atoms with Crippen LogP contribution in [0.25, 0.3) is 0 Å². The first-order valence-corrected chi connectivity index (χ1v) is 10.3. The molecule has 1 aromatic carbocycles. The molecule has 194 valence electrons. The number of halogens is 7. The highest BCUT2D eigenvalue weighted by Crippen LogP contribution is 2.36. The van der Waals surface area contributed by atoms with Crippen LogP contribution in [0.3, 0.4) is 0 Å². The second-order valence-corrected chi connectivity index (χ2v) is 8.11. The number of benzene rings is 1. The molecule has 6 nitrogen and oxygen atoms in total. The number of carbonyl (C=O) groups is 2. The van der Waals surface area contributed by atoms with Gasteiger partial charge in [-0.1, -0.05) is 18.6 Å². The summed E-state index contributed by atoms with van der Waals surface area (Å²) in [5.74, 6) is -5.66. The Kier molecular flexibility index (Phi) is 10.8. The van der Waals surface area contributed by atoms with E-state index < -0.39 is 24.3 Å². The third-order valence-electron chi connectivity index (χ3n) is 5.79. The molecule has 0 saturated carbocycles. The van der Waals surface area contributed by atoms with Crippen molar-refractivity contribution in [3.63, 3.8) is 0 Å². The van der Waals surface area contributed by atoms with Crippen molar-refractivity contribution in [2.75, 3.05) is 26.7 Å². The van der Waals surface area contributed by atoms with Crippen LogP contribution in [0, 0.1) is 5.82 Å². The fourth-order valence-corrected chi connectivity index (χ4v) is 3.84. The molecule has 2 fully saturated rings. The van der Waals surface area contributed by atoms with Crippen LogP contribution in [-0.2, 0) is 16.1 Å². The highest BCUT2D eigenvalue weighted by atomic mass is 19.4. The Morgan fingerprint density at radius 2 is 1.29 bits per heavy atom. The monoisotopic (exact) mass is 504 g/mol. The fraction of sp³-hybridized carbons (Fsp3) is 0.619. The van der Waals surface area contributed by atoms with Crippen molar-refractivity contribution in [3.8, 4) is 0 Å². The maximum Gasteiger partial charge on any atom is 0.490 e. The average molecular weight is 504 g/mol. The van der Waals surface area contributed by atoms with E-state index in [1.165, 1.54) is 57.3 Å². The van der Waals surface area contributed by atoms with E-state index in [2.05, 4.69) is 16.8 Å². The summed E-state index contributed by atoms with van der Waals surface area (Å²) in [6.45, 7) is 4.56. The summed E-state index contributed by atoms with van der Waals surface area (Å²) in [5.41, 5.74) is 1.69. The van der Waals surface area contributed by atoms with Gasteiger partial charge in [-0.25, -0.2) is 14.0 Å². The number of hydrogen-bond acceptors (Lipinski definition) is 4. The summed E-state index contributed by atoms with van der Waals surface area (Å²) < 4.78 is 76.4. The summed E-state index contributed by atoms with van der Waals surface area (Å²) in [6.07, 6.45) is -3.48. The number of likely N-dealkylation sites (tertiary alicyclic amines) is 2. The van der Waals surface area contributed by atoms with Crippen molar-refractivity contribution < 1.29 is 50.5 Å². The smallest absolute Gasteiger partial charge is 0.475 e. The van der Waals surface area contributed by atoms with Gasteiger partial charge >= 0.3 is 24.3 Å². The molecule has 0 bridgehead atoms. The minimum atomic E-state index is -5.08. The van der Waals surface area contributed by atoms with Gasteiger partial charge in [-0.2, -0.15) is 26.3 Å². The van der Waals surface area contributed by atoms with Crippen LogP contribution in [0.2, 0.25) is 0 Å². The van der Waals surface area contributed by atoms with E-state index in [9.17, 15) is 30.7 Å². The summed E-state index contributed by atoms with van der Waals surface area (Å²) in [4.78, 5) is 22.9. The van der Waals surface area contributed by atoms with Gasteiger partial charge in [0.15, 0.2) is 0 Å². The topological polar surface area (TPSA) is 81.1 Å². The number of aliphatic carboxylic acids is 2.